The molecule has 3 rings (SSSR count). The summed E-state index contributed by atoms with van der Waals surface area (Å²) in [7, 11) is 0. The molecular weight excluding hydrogens is 342 g/mol. The molecule has 3 heteroatoms. The molecule has 3 aromatic rings. The van der Waals surface area contributed by atoms with Gasteiger partial charge in [0, 0.05) is 22.3 Å². The molecule has 0 radical (unpaired) electrons. The van der Waals surface area contributed by atoms with Crippen LogP contribution in [0.4, 0.5) is 0 Å². The van der Waals surface area contributed by atoms with Crippen molar-refractivity contribution in [2.75, 3.05) is 0 Å². The maximum absolute atomic E-state index is 9.43. The van der Waals surface area contributed by atoms with Crippen LogP contribution in [0.15, 0.2) is 66.7 Å². The summed E-state index contributed by atoms with van der Waals surface area (Å²) in [6.45, 7) is 0. The van der Waals surface area contributed by atoms with Crippen molar-refractivity contribution in [1.29, 1.82) is 15.8 Å². The number of rotatable bonds is 0. The standard InChI is InChI=1S/C25H11N3/c26-16-21-7-5-19(6-8-21)9-12-23-14-11-20(15-25(23)18-28)10-13-22-3-1-2-4-24(22)17-27/h1-8,11,14-15H. The lowest BCUT2D eigenvalue weighted by Gasteiger charge is -1.97. The topological polar surface area (TPSA) is 71.4 Å². The zero-order valence-corrected chi connectivity index (χ0v) is 14.7. The normalized spacial score (nSPS) is 8.75. The Hall–Kier alpha value is -4.75. The molecule has 0 spiro atoms. The first-order valence-electron chi connectivity index (χ1n) is 8.31. The molecule has 0 bridgehead atoms. The Balaban J connectivity index is 1.89. The van der Waals surface area contributed by atoms with Crippen LogP contribution in [0.3, 0.4) is 0 Å². The molecular formula is C25H11N3. The second kappa shape index (κ2) is 8.56. The third-order valence-electron chi connectivity index (χ3n) is 3.88. The van der Waals surface area contributed by atoms with E-state index in [1.165, 1.54) is 0 Å². The number of nitriles is 3. The fourth-order valence-corrected chi connectivity index (χ4v) is 2.42. The zero-order chi connectivity index (χ0) is 19.8. The average Bonchev–Trinajstić information content (AvgIpc) is 2.77. The van der Waals surface area contributed by atoms with Gasteiger partial charge in [-0.1, -0.05) is 35.8 Å². The molecule has 3 nitrogen and oxygen atoms in total. The minimum absolute atomic E-state index is 0.432. The summed E-state index contributed by atoms with van der Waals surface area (Å²) in [6, 6.07) is 25.6. The van der Waals surface area contributed by atoms with Gasteiger partial charge in [0.05, 0.1) is 22.8 Å². The summed E-state index contributed by atoms with van der Waals surface area (Å²) in [5, 5.41) is 27.4. The maximum atomic E-state index is 9.43. The third kappa shape index (κ3) is 4.26. The van der Waals surface area contributed by atoms with Crippen LogP contribution in [-0.2, 0) is 0 Å². The van der Waals surface area contributed by atoms with Crippen molar-refractivity contribution in [1.82, 2.24) is 0 Å². The Kier molecular flexibility index (Phi) is 5.52. The highest BCUT2D eigenvalue weighted by Gasteiger charge is 2.01. The average molecular weight is 353 g/mol. The van der Waals surface area contributed by atoms with E-state index in [9.17, 15) is 5.26 Å². The van der Waals surface area contributed by atoms with Crippen LogP contribution in [0, 0.1) is 57.7 Å². The first-order valence-corrected chi connectivity index (χ1v) is 8.31. The van der Waals surface area contributed by atoms with Crippen LogP contribution in [0.1, 0.15) is 38.9 Å². The monoisotopic (exact) mass is 353 g/mol. The van der Waals surface area contributed by atoms with Gasteiger partial charge in [-0.25, -0.2) is 0 Å². The zero-order valence-electron chi connectivity index (χ0n) is 14.7. The number of benzene rings is 3. The molecule has 28 heavy (non-hydrogen) atoms. The van der Waals surface area contributed by atoms with Crippen LogP contribution in [-0.4, -0.2) is 0 Å². The highest BCUT2D eigenvalue weighted by atomic mass is 14.2. The molecule has 3 aromatic carbocycles. The van der Waals surface area contributed by atoms with Gasteiger partial charge in [-0.3, -0.25) is 0 Å². The largest absolute Gasteiger partial charge is 0.192 e. The van der Waals surface area contributed by atoms with Gasteiger partial charge in [-0.2, -0.15) is 15.8 Å². The SMILES string of the molecule is N#Cc1ccc(C#Cc2ccc(C#Cc3ccccc3C#N)cc2C#N)cc1. The number of hydrogen-bond donors (Lipinski definition) is 0. The molecule has 0 aliphatic heterocycles. The minimum atomic E-state index is 0.432. The van der Waals surface area contributed by atoms with Crippen molar-refractivity contribution in [2.24, 2.45) is 0 Å². The van der Waals surface area contributed by atoms with Gasteiger partial charge in [-0.15, -0.1) is 0 Å². The molecule has 0 fully saturated rings. The van der Waals surface area contributed by atoms with Gasteiger partial charge in [0.25, 0.3) is 0 Å². The summed E-state index contributed by atoms with van der Waals surface area (Å²) in [5.41, 5.74) is 4.21. The van der Waals surface area contributed by atoms with Crippen molar-refractivity contribution in [3.63, 3.8) is 0 Å². The van der Waals surface area contributed by atoms with E-state index in [1.807, 2.05) is 6.07 Å². The highest BCUT2D eigenvalue weighted by Crippen LogP contribution is 2.11. The predicted octanol–water partition coefficient (Wildman–Crippen LogP) is 4.10. The molecule has 0 aliphatic carbocycles. The van der Waals surface area contributed by atoms with E-state index >= 15 is 0 Å². The van der Waals surface area contributed by atoms with E-state index in [-0.39, 0.29) is 0 Å². The number of hydrogen-bond acceptors (Lipinski definition) is 3. The third-order valence-corrected chi connectivity index (χ3v) is 3.88. The lowest BCUT2D eigenvalue weighted by molar-refractivity contribution is 1.45. The quantitative estimate of drug-likeness (QED) is 0.571. The van der Waals surface area contributed by atoms with E-state index in [2.05, 4.69) is 41.9 Å². The lowest BCUT2D eigenvalue weighted by atomic mass is 10.0. The molecule has 0 amide bonds. The summed E-state index contributed by atoms with van der Waals surface area (Å²) in [5.74, 6) is 12.0. The first-order chi connectivity index (χ1) is 13.7. The van der Waals surface area contributed by atoms with Crippen LogP contribution in [0.5, 0.6) is 0 Å². The van der Waals surface area contributed by atoms with Crippen molar-refractivity contribution < 1.29 is 0 Å². The Bertz CT molecular complexity index is 1290. The summed E-state index contributed by atoms with van der Waals surface area (Å²) in [4.78, 5) is 0. The van der Waals surface area contributed by atoms with Gasteiger partial charge in [0.15, 0.2) is 0 Å². The molecule has 0 N–H and O–H groups in total. The van der Waals surface area contributed by atoms with Crippen LogP contribution in [0.2, 0.25) is 0 Å². The maximum Gasteiger partial charge on any atom is 0.100 e. The summed E-state index contributed by atoms with van der Waals surface area (Å²) in [6.07, 6.45) is 0. The van der Waals surface area contributed by atoms with Crippen LogP contribution < -0.4 is 0 Å². The summed E-state index contributed by atoms with van der Waals surface area (Å²) >= 11 is 0. The van der Waals surface area contributed by atoms with Crippen molar-refractivity contribution in [2.45, 2.75) is 0 Å². The van der Waals surface area contributed by atoms with E-state index in [4.69, 9.17) is 10.5 Å². The minimum Gasteiger partial charge on any atom is -0.192 e. The molecule has 0 heterocycles. The molecule has 0 aliphatic rings. The van der Waals surface area contributed by atoms with E-state index in [0.29, 0.717) is 33.4 Å². The van der Waals surface area contributed by atoms with Crippen molar-refractivity contribution >= 4 is 0 Å². The van der Waals surface area contributed by atoms with E-state index in [1.54, 1.807) is 60.7 Å². The van der Waals surface area contributed by atoms with Crippen molar-refractivity contribution in [3.05, 3.63) is 106 Å². The second-order valence-electron chi connectivity index (χ2n) is 5.72. The Morgan fingerprint density at radius 3 is 1.61 bits per heavy atom. The molecule has 0 saturated carbocycles. The van der Waals surface area contributed by atoms with Gasteiger partial charge < -0.3 is 0 Å². The lowest BCUT2D eigenvalue weighted by Crippen LogP contribution is -1.87. The Labute approximate surface area is 163 Å². The van der Waals surface area contributed by atoms with E-state index < -0.39 is 0 Å². The molecule has 0 aromatic heterocycles. The van der Waals surface area contributed by atoms with E-state index in [0.717, 1.165) is 5.56 Å². The van der Waals surface area contributed by atoms with Gasteiger partial charge in [0.2, 0.25) is 0 Å². The van der Waals surface area contributed by atoms with Gasteiger partial charge in [0.1, 0.15) is 12.1 Å². The smallest absolute Gasteiger partial charge is 0.100 e. The first kappa shape index (κ1) is 18.1. The Morgan fingerprint density at radius 2 is 0.964 bits per heavy atom. The molecule has 0 unspecified atom stereocenters. The fourth-order valence-electron chi connectivity index (χ4n) is 2.42. The van der Waals surface area contributed by atoms with Crippen LogP contribution >= 0.6 is 0 Å². The number of nitrogens with zero attached hydrogens (tertiary/aromatic N) is 3. The van der Waals surface area contributed by atoms with Gasteiger partial charge in [-0.05, 0) is 54.6 Å². The van der Waals surface area contributed by atoms with Crippen LogP contribution in [0.25, 0.3) is 0 Å². The second-order valence-corrected chi connectivity index (χ2v) is 5.72. The predicted molar refractivity (Wildman–Crippen MR) is 105 cm³/mol. The molecule has 0 saturated heterocycles. The molecule has 0 atom stereocenters. The van der Waals surface area contributed by atoms with Gasteiger partial charge >= 0.3 is 0 Å². The summed E-state index contributed by atoms with van der Waals surface area (Å²) < 4.78 is 0. The fraction of sp³-hybridized carbons (Fsp3) is 0. The highest BCUT2D eigenvalue weighted by molar-refractivity contribution is 5.56. The van der Waals surface area contributed by atoms with Crippen molar-refractivity contribution in [3.8, 4) is 41.9 Å². The Morgan fingerprint density at radius 1 is 0.429 bits per heavy atom. The molecule has 126 valence electrons.